The van der Waals surface area contributed by atoms with Crippen LogP contribution in [-0.4, -0.2) is 69.4 Å². The number of anilines is 1. The maximum atomic E-state index is 16.9. The second-order valence-corrected chi connectivity index (χ2v) is 13.6. The standard InChI is InChI=1S/C36H37F2N5O2/c1-3-26-29(37)8-7-24-13-21(2)14-27(30(24)26)32-31(38)33-28(16-39-32)34(42-17-22-5-6-23(15-22)18-42)41-35(40-33)45-20-36-10-4-12-43(36)25(19-44)9-11-36/h1,7-8,13-14,16,22-23,25,44H,4-6,9-12,15,17-20H2,2H3/t22?,23?,25-,36?/m1/s1. The lowest BCUT2D eigenvalue weighted by atomic mass is 9.94. The molecule has 1 N–H and O–H groups in total. The van der Waals surface area contributed by atoms with Crippen molar-refractivity contribution >= 4 is 27.5 Å². The summed E-state index contributed by atoms with van der Waals surface area (Å²) in [6, 6.07) is 7.00. The average molecular weight is 610 g/mol. The minimum Gasteiger partial charge on any atom is -0.461 e. The van der Waals surface area contributed by atoms with E-state index in [9.17, 15) is 9.50 Å². The van der Waals surface area contributed by atoms with E-state index >= 15 is 4.39 Å². The van der Waals surface area contributed by atoms with Gasteiger partial charge in [0.05, 0.1) is 23.1 Å². The van der Waals surface area contributed by atoms with Crippen molar-refractivity contribution in [2.24, 2.45) is 11.8 Å². The first-order valence-electron chi connectivity index (χ1n) is 16.2. The molecule has 0 spiro atoms. The number of aromatic nitrogens is 3. The number of piperidine rings is 1. The molecule has 1 saturated carbocycles. The Hall–Kier alpha value is -3.87. The van der Waals surface area contributed by atoms with E-state index in [1.165, 1.54) is 25.3 Å². The molecule has 0 amide bonds. The maximum Gasteiger partial charge on any atom is 0.319 e. The Morgan fingerprint density at radius 3 is 2.71 bits per heavy atom. The molecule has 9 heteroatoms. The number of aryl methyl sites for hydroxylation is 1. The quantitative estimate of drug-likeness (QED) is 0.268. The van der Waals surface area contributed by atoms with E-state index in [1.54, 1.807) is 18.3 Å². The lowest BCUT2D eigenvalue weighted by molar-refractivity contribution is 0.0644. The van der Waals surface area contributed by atoms with Gasteiger partial charge >= 0.3 is 6.01 Å². The second kappa shape index (κ2) is 10.9. The molecule has 3 aliphatic heterocycles. The number of halogens is 2. The highest BCUT2D eigenvalue weighted by Gasteiger charge is 2.49. The molecule has 2 bridgehead atoms. The van der Waals surface area contributed by atoms with E-state index in [-0.39, 0.29) is 41.0 Å². The molecule has 5 heterocycles. The summed E-state index contributed by atoms with van der Waals surface area (Å²) in [5, 5.41) is 11.7. The average Bonchev–Trinajstić information content (AvgIpc) is 3.72. The Morgan fingerprint density at radius 1 is 1.11 bits per heavy atom. The van der Waals surface area contributed by atoms with Gasteiger partial charge in [0.25, 0.3) is 0 Å². The van der Waals surface area contributed by atoms with Crippen LogP contribution in [0.2, 0.25) is 0 Å². The Balaban J connectivity index is 1.26. The minimum absolute atomic E-state index is 0.0646. The SMILES string of the molecule is C#Cc1c(F)ccc2cc(C)cc(-c3ncc4c(N5CC6CCC(C6)C5)nc(OCC56CCCN5[C@@H](CO)CC6)nc4c3F)c12. The van der Waals surface area contributed by atoms with E-state index in [0.717, 1.165) is 56.3 Å². The molecule has 8 rings (SSSR count). The molecule has 45 heavy (non-hydrogen) atoms. The molecule has 3 saturated heterocycles. The third-order valence-corrected chi connectivity index (χ3v) is 10.9. The van der Waals surface area contributed by atoms with Crippen LogP contribution in [0.15, 0.2) is 30.5 Å². The molecule has 4 aliphatic rings. The second-order valence-electron chi connectivity index (χ2n) is 13.6. The van der Waals surface area contributed by atoms with Crippen LogP contribution in [0.25, 0.3) is 32.9 Å². The van der Waals surface area contributed by atoms with Crippen molar-refractivity contribution in [1.82, 2.24) is 19.9 Å². The van der Waals surface area contributed by atoms with Gasteiger partial charge < -0.3 is 14.7 Å². The van der Waals surface area contributed by atoms with E-state index in [0.29, 0.717) is 40.6 Å². The van der Waals surface area contributed by atoms with Gasteiger partial charge in [-0.25, -0.2) is 8.78 Å². The number of benzene rings is 2. The van der Waals surface area contributed by atoms with E-state index in [4.69, 9.17) is 16.1 Å². The van der Waals surface area contributed by atoms with E-state index < -0.39 is 11.6 Å². The number of nitrogens with zero attached hydrogens (tertiary/aromatic N) is 5. The molecule has 0 radical (unpaired) electrons. The zero-order valence-electron chi connectivity index (χ0n) is 25.5. The highest BCUT2D eigenvalue weighted by Crippen LogP contribution is 2.44. The monoisotopic (exact) mass is 609 g/mol. The molecule has 4 fully saturated rings. The fourth-order valence-corrected chi connectivity index (χ4v) is 8.82. The zero-order chi connectivity index (χ0) is 30.9. The molecule has 7 nitrogen and oxygen atoms in total. The summed E-state index contributed by atoms with van der Waals surface area (Å²) < 4.78 is 38.2. The summed E-state index contributed by atoms with van der Waals surface area (Å²) in [4.78, 5) is 18.9. The summed E-state index contributed by atoms with van der Waals surface area (Å²) >= 11 is 0. The van der Waals surface area contributed by atoms with Crippen molar-refractivity contribution in [3.63, 3.8) is 0 Å². The smallest absolute Gasteiger partial charge is 0.319 e. The Labute approximate surface area is 261 Å². The summed E-state index contributed by atoms with van der Waals surface area (Å²) in [6.07, 6.45) is 14.9. The van der Waals surface area contributed by atoms with Gasteiger partial charge in [-0.2, -0.15) is 9.97 Å². The number of terminal acetylenes is 1. The fraction of sp³-hybridized carbons (Fsp3) is 0.472. The lowest BCUT2D eigenvalue weighted by Gasteiger charge is -2.35. The highest BCUT2D eigenvalue weighted by molar-refractivity contribution is 6.02. The van der Waals surface area contributed by atoms with Crippen LogP contribution < -0.4 is 9.64 Å². The number of hydrogen-bond acceptors (Lipinski definition) is 7. The number of ether oxygens (including phenoxy) is 1. The fourth-order valence-electron chi connectivity index (χ4n) is 8.82. The number of aliphatic hydroxyl groups is 1. The zero-order valence-corrected chi connectivity index (χ0v) is 25.5. The molecule has 3 unspecified atom stereocenters. The molecular weight excluding hydrogens is 572 g/mol. The Morgan fingerprint density at radius 2 is 1.93 bits per heavy atom. The molecule has 2 aromatic carbocycles. The van der Waals surface area contributed by atoms with Crippen molar-refractivity contribution in [2.45, 2.75) is 63.5 Å². The normalized spacial score (nSPS) is 26.1. The number of aliphatic hydroxyl groups excluding tert-OH is 1. The van der Waals surface area contributed by atoms with Gasteiger partial charge in [-0.05, 0) is 93.3 Å². The minimum atomic E-state index is -0.609. The van der Waals surface area contributed by atoms with E-state index in [1.807, 2.05) is 13.0 Å². The van der Waals surface area contributed by atoms with Crippen LogP contribution in [0, 0.1) is 42.7 Å². The molecule has 1 aliphatic carbocycles. The van der Waals surface area contributed by atoms with Crippen LogP contribution in [-0.2, 0) is 0 Å². The number of fused-ring (bicyclic) bond motifs is 5. The van der Waals surface area contributed by atoms with Crippen LogP contribution >= 0.6 is 0 Å². The molecule has 4 atom stereocenters. The van der Waals surface area contributed by atoms with Gasteiger partial charge in [0.2, 0.25) is 0 Å². The first-order chi connectivity index (χ1) is 21.9. The van der Waals surface area contributed by atoms with Crippen molar-refractivity contribution in [3.8, 4) is 29.6 Å². The topological polar surface area (TPSA) is 74.6 Å². The van der Waals surface area contributed by atoms with Crippen molar-refractivity contribution in [3.05, 3.63) is 53.2 Å². The van der Waals surface area contributed by atoms with Gasteiger partial charge in [-0.15, -0.1) is 6.42 Å². The third kappa shape index (κ3) is 4.64. The predicted molar refractivity (Wildman–Crippen MR) is 170 cm³/mol. The first kappa shape index (κ1) is 28.6. The number of rotatable bonds is 6. The van der Waals surface area contributed by atoms with Crippen LogP contribution in [0.1, 0.15) is 56.1 Å². The van der Waals surface area contributed by atoms with Gasteiger partial charge in [0.1, 0.15) is 29.5 Å². The van der Waals surface area contributed by atoms with E-state index in [2.05, 4.69) is 25.7 Å². The van der Waals surface area contributed by atoms with Gasteiger partial charge in [-0.3, -0.25) is 9.88 Å². The summed E-state index contributed by atoms with van der Waals surface area (Å²) in [6.45, 7) is 5.07. The molecule has 4 aromatic rings. The lowest BCUT2D eigenvalue weighted by Crippen LogP contribution is -2.47. The Kier molecular flexibility index (Phi) is 6.92. The molecular formula is C36H37F2N5O2. The van der Waals surface area contributed by atoms with Crippen molar-refractivity contribution in [2.75, 3.05) is 37.7 Å². The van der Waals surface area contributed by atoms with Gasteiger partial charge in [0, 0.05) is 36.3 Å². The van der Waals surface area contributed by atoms with Crippen molar-refractivity contribution < 1.29 is 18.6 Å². The molecule has 2 aromatic heterocycles. The molecule has 232 valence electrons. The summed E-state index contributed by atoms with van der Waals surface area (Å²) in [5.74, 6) is 3.15. The van der Waals surface area contributed by atoms with Crippen LogP contribution in [0.3, 0.4) is 0 Å². The van der Waals surface area contributed by atoms with Crippen LogP contribution in [0.4, 0.5) is 14.6 Å². The number of pyridine rings is 1. The Bertz CT molecular complexity index is 1860. The number of hydrogen-bond donors (Lipinski definition) is 1. The maximum absolute atomic E-state index is 16.9. The van der Waals surface area contributed by atoms with Gasteiger partial charge in [-0.1, -0.05) is 18.1 Å². The summed E-state index contributed by atoms with van der Waals surface area (Å²) in [5.41, 5.74) is 1.41. The van der Waals surface area contributed by atoms with Gasteiger partial charge in [0.15, 0.2) is 5.82 Å². The van der Waals surface area contributed by atoms with Crippen LogP contribution in [0.5, 0.6) is 6.01 Å². The predicted octanol–water partition coefficient (Wildman–Crippen LogP) is 6.02. The highest BCUT2D eigenvalue weighted by atomic mass is 19.1. The van der Waals surface area contributed by atoms with Crippen molar-refractivity contribution in [1.29, 1.82) is 0 Å². The third-order valence-electron chi connectivity index (χ3n) is 10.9. The largest absolute Gasteiger partial charge is 0.461 e. The summed E-state index contributed by atoms with van der Waals surface area (Å²) in [7, 11) is 0. The first-order valence-corrected chi connectivity index (χ1v) is 16.2.